The molecule has 0 spiro atoms. The highest BCUT2D eigenvalue weighted by Crippen LogP contribution is 2.12. The zero-order valence-electron chi connectivity index (χ0n) is 9.01. The van der Waals surface area contributed by atoms with Gasteiger partial charge < -0.3 is 11.1 Å². The lowest BCUT2D eigenvalue weighted by atomic mass is 9.97. The molecule has 0 bridgehead atoms. The number of nitrogens with one attached hydrogen (secondary N) is 1. The number of hydrogen-bond donors (Lipinski definition) is 2. The van der Waals surface area contributed by atoms with E-state index in [-0.39, 0.29) is 24.2 Å². The van der Waals surface area contributed by atoms with Gasteiger partial charge >= 0.3 is 0 Å². The predicted octanol–water partition coefficient (Wildman–Crippen LogP) is 0.804. The summed E-state index contributed by atoms with van der Waals surface area (Å²) in [5.41, 5.74) is 5.20. The molecule has 0 heterocycles. The standard InChI is InChI=1S/C10H20N2O2/c1-3-5-6-8(10(11)14)7-9(13)12-4-2/h8H,3-7H2,1-2H3,(H2,11,14)(H,12,13)/t8-/m0/s1. The minimum absolute atomic E-state index is 0.0904. The van der Waals surface area contributed by atoms with Gasteiger partial charge in [-0.05, 0) is 13.3 Å². The van der Waals surface area contributed by atoms with Gasteiger partial charge in [-0.1, -0.05) is 19.8 Å². The SMILES string of the molecule is CCCC[C@@H](CC(=O)NCC)C(N)=O. The van der Waals surface area contributed by atoms with Crippen LogP contribution in [0.5, 0.6) is 0 Å². The van der Waals surface area contributed by atoms with E-state index in [1.54, 1.807) is 0 Å². The maximum atomic E-state index is 11.2. The first kappa shape index (κ1) is 12.9. The van der Waals surface area contributed by atoms with Crippen molar-refractivity contribution >= 4 is 11.8 Å². The quantitative estimate of drug-likeness (QED) is 0.638. The lowest BCUT2D eigenvalue weighted by molar-refractivity contribution is -0.128. The third-order valence-electron chi connectivity index (χ3n) is 2.11. The summed E-state index contributed by atoms with van der Waals surface area (Å²) in [7, 11) is 0. The molecule has 4 nitrogen and oxygen atoms in total. The van der Waals surface area contributed by atoms with Gasteiger partial charge in [-0.15, -0.1) is 0 Å². The number of unbranched alkanes of at least 4 members (excludes halogenated alkanes) is 1. The van der Waals surface area contributed by atoms with Crippen LogP contribution in [-0.4, -0.2) is 18.4 Å². The van der Waals surface area contributed by atoms with Crippen LogP contribution >= 0.6 is 0 Å². The number of carbonyl (C=O) groups excluding carboxylic acids is 2. The molecule has 1 atom stereocenters. The minimum Gasteiger partial charge on any atom is -0.369 e. The molecule has 2 amide bonds. The van der Waals surface area contributed by atoms with Gasteiger partial charge in [0.25, 0.3) is 0 Å². The molecular weight excluding hydrogens is 180 g/mol. The van der Waals surface area contributed by atoms with Gasteiger partial charge in [0.15, 0.2) is 0 Å². The fraction of sp³-hybridized carbons (Fsp3) is 0.800. The Kier molecular flexibility index (Phi) is 6.80. The monoisotopic (exact) mass is 200 g/mol. The summed E-state index contributed by atoms with van der Waals surface area (Å²) in [5, 5.41) is 2.66. The maximum Gasteiger partial charge on any atom is 0.221 e. The molecule has 0 unspecified atom stereocenters. The summed E-state index contributed by atoms with van der Waals surface area (Å²) in [4.78, 5) is 22.2. The zero-order chi connectivity index (χ0) is 11.0. The lowest BCUT2D eigenvalue weighted by Gasteiger charge is -2.11. The summed E-state index contributed by atoms with van der Waals surface area (Å²) >= 11 is 0. The highest BCUT2D eigenvalue weighted by molar-refractivity contribution is 5.84. The first-order valence-corrected chi connectivity index (χ1v) is 5.17. The fourth-order valence-corrected chi connectivity index (χ4v) is 1.29. The molecule has 0 aromatic rings. The first-order chi connectivity index (χ1) is 6.61. The molecule has 4 heteroatoms. The van der Waals surface area contributed by atoms with Crippen molar-refractivity contribution in [3.63, 3.8) is 0 Å². The largest absolute Gasteiger partial charge is 0.369 e. The highest BCUT2D eigenvalue weighted by Gasteiger charge is 2.18. The van der Waals surface area contributed by atoms with E-state index in [4.69, 9.17) is 5.73 Å². The van der Waals surface area contributed by atoms with Crippen molar-refractivity contribution in [2.24, 2.45) is 11.7 Å². The predicted molar refractivity (Wildman–Crippen MR) is 55.5 cm³/mol. The second-order valence-corrected chi connectivity index (χ2v) is 3.40. The molecule has 82 valence electrons. The first-order valence-electron chi connectivity index (χ1n) is 5.17. The van der Waals surface area contributed by atoms with E-state index < -0.39 is 0 Å². The van der Waals surface area contributed by atoms with Crippen LogP contribution in [0.15, 0.2) is 0 Å². The number of nitrogens with two attached hydrogens (primary N) is 1. The van der Waals surface area contributed by atoms with E-state index in [0.29, 0.717) is 13.0 Å². The Morgan fingerprint density at radius 3 is 2.43 bits per heavy atom. The molecule has 0 fully saturated rings. The van der Waals surface area contributed by atoms with Gasteiger partial charge in [-0.3, -0.25) is 9.59 Å². The van der Waals surface area contributed by atoms with Crippen LogP contribution in [0, 0.1) is 5.92 Å². The average Bonchev–Trinajstić information content (AvgIpc) is 2.12. The molecule has 0 radical (unpaired) electrons. The van der Waals surface area contributed by atoms with Crippen molar-refractivity contribution in [3.8, 4) is 0 Å². The van der Waals surface area contributed by atoms with E-state index >= 15 is 0 Å². The second-order valence-electron chi connectivity index (χ2n) is 3.40. The molecule has 3 N–H and O–H groups in total. The van der Waals surface area contributed by atoms with Gasteiger partial charge in [-0.25, -0.2) is 0 Å². The van der Waals surface area contributed by atoms with Gasteiger partial charge in [0.05, 0.1) is 0 Å². The topological polar surface area (TPSA) is 72.2 Å². The van der Waals surface area contributed by atoms with Gasteiger partial charge in [0, 0.05) is 18.9 Å². The number of amides is 2. The number of hydrogen-bond acceptors (Lipinski definition) is 2. The Bertz CT molecular complexity index is 193. The Morgan fingerprint density at radius 2 is 2.00 bits per heavy atom. The van der Waals surface area contributed by atoms with Crippen molar-refractivity contribution in [1.82, 2.24) is 5.32 Å². The molecule has 0 rings (SSSR count). The Morgan fingerprint density at radius 1 is 1.36 bits per heavy atom. The summed E-state index contributed by atoms with van der Waals surface area (Å²) in [5.74, 6) is -0.765. The van der Waals surface area contributed by atoms with E-state index in [9.17, 15) is 9.59 Å². The van der Waals surface area contributed by atoms with Crippen LogP contribution in [0.2, 0.25) is 0 Å². The van der Waals surface area contributed by atoms with Crippen LogP contribution in [0.4, 0.5) is 0 Å². The van der Waals surface area contributed by atoms with Gasteiger partial charge in [0.1, 0.15) is 0 Å². The molecule has 0 aliphatic carbocycles. The van der Waals surface area contributed by atoms with Crippen LogP contribution in [0.1, 0.15) is 39.5 Å². The van der Waals surface area contributed by atoms with Crippen molar-refractivity contribution in [2.45, 2.75) is 39.5 Å². The Labute approximate surface area is 85.2 Å². The molecular formula is C10H20N2O2. The van der Waals surface area contributed by atoms with E-state index in [1.807, 2.05) is 13.8 Å². The molecule has 0 aliphatic rings. The lowest BCUT2D eigenvalue weighted by Crippen LogP contribution is -2.31. The average molecular weight is 200 g/mol. The van der Waals surface area contributed by atoms with Gasteiger partial charge in [-0.2, -0.15) is 0 Å². The van der Waals surface area contributed by atoms with Crippen LogP contribution < -0.4 is 11.1 Å². The van der Waals surface area contributed by atoms with Crippen LogP contribution in [0.3, 0.4) is 0 Å². The number of primary amides is 1. The molecule has 0 aromatic carbocycles. The molecule has 0 aromatic heterocycles. The van der Waals surface area contributed by atoms with Crippen molar-refractivity contribution in [1.29, 1.82) is 0 Å². The maximum absolute atomic E-state index is 11.2. The van der Waals surface area contributed by atoms with Crippen molar-refractivity contribution in [2.75, 3.05) is 6.54 Å². The van der Waals surface area contributed by atoms with Crippen molar-refractivity contribution < 1.29 is 9.59 Å². The van der Waals surface area contributed by atoms with Crippen LogP contribution in [-0.2, 0) is 9.59 Å². The Hall–Kier alpha value is -1.06. The highest BCUT2D eigenvalue weighted by atomic mass is 16.2. The molecule has 0 aliphatic heterocycles. The molecule has 14 heavy (non-hydrogen) atoms. The van der Waals surface area contributed by atoms with Gasteiger partial charge in [0.2, 0.25) is 11.8 Å². The van der Waals surface area contributed by atoms with E-state index in [2.05, 4.69) is 5.32 Å². The fourth-order valence-electron chi connectivity index (χ4n) is 1.29. The summed E-state index contributed by atoms with van der Waals surface area (Å²) in [6.45, 7) is 4.49. The molecule has 0 saturated heterocycles. The van der Waals surface area contributed by atoms with Crippen molar-refractivity contribution in [3.05, 3.63) is 0 Å². The number of rotatable bonds is 7. The molecule has 0 saturated carbocycles. The number of carbonyl (C=O) groups is 2. The minimum atomic E-state index is -0.371. The van der Waals surface area contributed by atoms with E-state index in [0.717, 1.165) is 12.8 Å². The summed E-state index contributed by atoms with van der Waals surface area (Å²) in [6.07, 6.45) is 2.89. The van der Waals surface area contributed by atoms with Crippen LogP contribution in [0.25, 0.3) is 0 Å². The summed E-state index contributed by atoms with van der Waals surface area (Å²) < 4.78 is 0. The third-order valence-corrected chi connectivity index (χ3v) is 2.11. The third kappa shape index (κ3) is 5.56. The normalized spacial score (nSPS) is 12.1. The second kappa shape index (κ2) is 7.35. The smallest absolute Gasteiger partial charge is 0.221 e. The Balaban J connectivity index is 3.95. The zero-order valence-corrected chi connectivity index (χ0v) is 9.01. The summed E-state index contributed by atoms with van der Waals surface area (Å²) in [6, 6.07) is 0. The van der Waals surface area contributed by atoms with E-state index in [1.165, 1.54) is 0 Å².